The lowest BCUT2D eigenvalue weighted by Gasteiger charge is -2.36. The average molecular weight is 296 g/mol. The number of carbonyl (C=O) groups excluding carboxylic acids is 1. The summed E-state index contributed by atoms with van der Waals surface area (Å²) in [7, 11) is 0. The van der Waals surface area contributed by atoms with Crippen LogP contribution in [0.15, 0.2) is 0 Å². The molecule has 4 nitrogen and oxygen atoms in total. The first kappa shape index (κ1) is 16.8. The highest BCUT2D eigenvalue weighted by atomic mass is 16.3. The van der Waals surface area contributed by atoms with Gasteiger partial charge in [0.05, 0.1) is 6.04 Å². The molecule has 2 rings (SSSR count). The summed E-state index contributed by atoms with van der Waals surface area (Å²) < 4.78 is 0. The van der Waals surface area contributed by atoms with Crippen molar-refractivity contribution >= 4 is 5.91 Å². The van der Waals surface area contributed by atoms with Crippen LogP contribution in [0.1, 0.15) is 71.1 Å². The van der Waals surface area contributed by atoms with Gasteiger partial charge in [0.15, 0.2) is 0 Å². The van der Waals surface area contributed by atoms with Gasteiger partial charge in [-0.1, -0.05) is 38.5 Å². The van der Waals surface area contributed by atoms with Crippen LogP contribution in [-0.4, -0.2) is 36.2 Å². The van der Waals surface area contributed by atoms with E-state index in [1.54, 1.807) is 0 Å². The minimum atomic E-state index is -0.169. The minimum Gasteiger partial charge on any atom is -0.396 e. The molecule has 21 heavy (non-hydrogen) atoms. The van der Waals surface area contributed by atoms with E-state index in [0.717, 1.165) is 32.2 Å². The fourth-order valence-electron chi connectivity index (χ4n) is 3.73. The molecule has 3 N–H and O–H groups in total. The van der Waals surface area contributed by atoms with Crippen molar-refractivity contribution in [1.82, 2.24) is 10.6 Å². The molecule has 0 aromatic rings. The van der Waals surface area contributed by atoms with E-state index in [0.29, 0.717) is 6.04 Å². The van der Waals surface area contributed by atoms with Crippen molar-refractivity contribution in [3.63, 3.8) is 0 Å². The van der Waals surface area contributed by atoms with Gasteiger partial charge >= 0.3 is 0 Å². The average Bonchev–Trinajstić information content (AvgIpc) is 2.54. The summed E-state index contributed by atoms with van der Waals surface area (Å²) in [6.45, 7) is 2.92. The Morgan fingerprint density at radius 2 is 1.76 bits per heavy atom. The normalized spacial score (nSPS) is 24.5. The van der Waals surface area contributed by atoms with Gasteiger partial charge < -0.3 is 15.7 Å². The van der Waals surface area contributed by atoms with E-state index in [-0.39, 0.29) is 24.0 Å². The molecule has 0 heterocycles. The highest BCUT2D eigenvalue weighted by molar-refractivity contribution is 5.81. The lowest BCUT2D eigenvalue weighted by Crippen LogP contribution is -2.50. The second kappa shape index (κ2) is 8.14. The quantitative estimate of drug-likeness (QED) is 0.705. The molecule has 0 aliphatic heterocycles. The van der Waals surface area contributed by atoms with E-state index < -0.39 is 0 Å². The molecule has 1 amide bonds. The van der Waals surface area contributed by atoms with E-state index in [1.807, 2.05) is 6.92 Å². The molecular formula is C17H32N2O2. The minimum absolute atomic E-state index is 0.00235. The van der Waals surface area contributed by atoms with E-state index in [2.05, 4.69) is 10.6 Å². The van der Waals surface area contributed by atoms with Crippen LogP contribution in [0.5, 0.6) is 0 Å². The standard InChI is InChI=1S/C17H32N2O2/c1-14(16(21)19-15-8-4-2-5-9-15)18-12-17(13-20)10-6-3-7-11-17/h14-15,18,20H,2-13H2,1H3,(H,19,21). The van der Waals surface area contributed by atoms with Gasteiger partial charge in [-0.15, -0.1) is 0 Å². The van der Waals surface area contributed by atoms with Gasteiger partial charge in [0.1, 0.15) is 0 Å². The first-order chi connectivity index (χ1) is 10.2. The largest absolute Gasteiger partial charge is 0.396 e. The van der Waals surface area contributed by atoms with E-state index in [1.165, 1.54) is 38.5 Å². The number of amides is 1. The van der Waals surface area contributed by atoms with Crippen LogP contribution in [0.25, 0.3) is 0 Å². The molecule has 0 bridgehead atoms. The predicted molar refractivity (Wildman–Crippen MR) is 85.1 cm³/mol. The summed E-state index contributed by atoms with van der Waals surface area (Å²) in [6.07, 6.45) is 11.9. The Bertz CT molecular complexity index is 321. The predicted octanol–water partition coefficient (Wildman–Crippen LogP) is 2.36. The van der Waals surface area contributed by atoms with Crippen LogP contribution in [-0.2, 0) is 4.79 Å². The molecule has 4 heteroatoms. The third kappa shape index (κ3) is 4.96. The molecule has 0 radical (unpaired) electrons. The summed E-state index contributed by atoms with van der Waals surface area (Å²) in [5, 5.41) is 16.2. The second-order valence-corrected chi connectivity index (χ2v) is 7.16. The van der Waals surface area contributed by atoms with Crippen molar-refractivity contribution in [3.05, 3.63) is 0 Å². The lowest BCUT2D eigenvalue weighted by atomic mass is 9.74. The maximum atomic E-state index is 12.2. The van der Waals surface area contributed by atoms with Crippen molar-refractivity contribution in [3.8, 4) is 0 Å². The zero-order chi connectivity index (χ0) is 15.1. The van der Waals surface area contributed by atoms with Gasteiger partial charge in [-0.05, 0) is 32.6 Å². The van der Waals surface area contributed by atoms with Crippen molar-refractivity contribution in [2.24, 2.45) is 5.41 Å². The molecule has 1 atom stereocenters. The molecular weight excluding hydrogens is 264 g/mol. The van der Waals surface area contributed by atoms with Crippen LogP contribution in [0, 0.1) is 5.41 Å². The fraction of sp³-hybridized carbons (Fsp3) is 0.941. The zero-order valence-corrected chi connectivity index (χ0v) is 13.5. The summed E-state index contributed by atoms with van der Waals surface area (Å²) in [5.41, 5.74) is -0.00235. The Balaban J connectivity index is 1.74. The van der Waals surface area contributed by atoms with Crippen LogP contribution in [0.2, 0.25) is 0 Å². The molecule has 1 unspecified atom stereocenters. The Labute approximate surface area is 129 Å². The van der Waals surface area contributed by atoms with Crippen LogP contribution >= 0.6 is 0 Å². The molecule has 2 fully saturated rings. The Kier molecular flexibility index (Phi) is 6.49. The third-order valence-electron chi connectivity index (χ3n) is 5.38. The SMILES string of the molecule is CC(NCC1(CO)CCCCC1)C(=O)NC1CCCCC1. The summed E-state index contributed by atoms with van der Waals surface area (Å²) in [4.78, 5) is 12.2. The van der Waals surface area contributed by atoms with E-state index >= 15 is 0 Å². The van der Waals surface area contributed by atoms with E-state index in [4.69, 9.17) is 0 Å². The van der Waals surface area contributed by atoms with Gasteiger partial charge in [-0.2, -0.15) is 0 Å². The highest BCUT2D eigenvalue weighted by Gasteiger charge is 2.32. The molecule has 0 aromatic carbocycles. The zero-order valence-electron chi connectivity index (χ0n) is 13.5. The van der Waals surface area contributed by atoms with Crippen molar-refractivity contribution in [2.75, 3.05) is 13.2 Å². The van der Waals surface area contributed by atoms with E-state index in [9.17, 15) is 9.90 Å². The van der Waals surface area contributed by atoms with Gasteiger partial charge in [-0.25, -0.2) is 0 Å². The number of aliphatic hydroxyl groups excluding tert-OH is 1. The number of hydrogen-bond acceptors (Lipinski definition) is 3. The highest BCUT2D eigenvalue weighted by Crippen LogP contribution is 2.35. The van der Waals surface area contributed by atoms with Crippen LogP contribution in [0.3, 0.4) is 0 Å². The summed E-state index contributed by atoms with van der Waals surface area (Å²) in [6, 6.07) is 0.203. The first-order valence-corrected chi connectivity index (χ1v) is 8.80. The van der Waals surface area contributed by atoms with Gasteiger partial charge in [0, 0.05) is 24.6 Å². The molecule has 0 spiro atoms. The Morgan fingerprint density at radius 3 is 2.38 bits per heavy atom. The number of nitrogens with one attached hydrogen (secondary N) is 2. The van der Waals surface area contributed by atoms with Gasteiger partial charge in [0.25, 0.3) is 0 Å². The molecule has 2 aliphatic rings. The lowest BCUT2D eigenvalue weighted by molar-refractivity contribution is -0.123. The Morgan fingerprint density at radius 1 is 1.14 bits per heavy atom. The van der Waals surface area contributed by atoms with Crippen LogP contribution in [0.4, 0.5) is 0 Å². The maximum Gasteiger partial charge on any atom is 0.237 e. The number of carbonyl (C=O) groups is 1. The second-order valence-electron chi connectivity index (χ2n) is 7.16. The first-order valence-electron chi connectivity index (χ1n) is 8.80. The number of aliphatic hydroxyl groups is 1. The molecule has 2 aliphatic carbocycles. The maximum absolute atomic E-state index is 12.2. The number of rotatable bonds is 6. The fourth-order valence-corrected chi connectivity index (χ4v) is 3.73. The summed E-state index contributed by atoms with van der Waals surface area (Å²) >= 11 is 0. The molecule has 0 aromatic heterocycles. The molecule has 122 valence electrons. The van der Waals surface area contributed by atoms with Gasteiger partial charge in [-0.3, -0.25) is 4.79 Å². The van der Waals surface area contributed by atoms with Crippen molar-refractivity contribution < 1.29 is 9.90 Å². The van der Waals surface area contributed by atoms with Crippen molar-refractivity contribution in [2.45, 2.75) is 83.2 Å². The molecule has 0 saturated heterocycles. The van der Waals surface area contributed by atoms with Gasteiger partial charge in [0.2, 0.25) is 5.91 Å². The number of hydrogen-bond donors (Lipinski definition) is 3. The van der Waals surface area contributed by atoms with Crippen LogP contribution < -0.4 is 10.6 Å². The molecule has 2 saturated carbocycles. The third-order valence-corrected chi connectivity index (χ3v) is 5.38. The summed E-state index contributed by atoms with van der Waals surface area (Å²) in [5.74, 6) is 0.116. The topological polar surface area (TPSA) is 61.4 Å². The Hall–Kier alpha value is -0.610. The monoisotopic (exact) mass is 296 g/mol. The van der Waals surface area contributed by atoms with Crippen molar-refractivity contribution in [1.29, 1.82) is 0 Å². The smallest absolute Gasteiger partial charge is 0.237 e.